The molecule has 1 aromatic carbocycles. The molecule has 0 atom stereocenters. The van der Waals surface area contributed by atoms with Gasteiger partial charge in [0.15, 0.2) is 0 Å². The van der Waals surface area contributed by atoms with Crippen LogP contribution in [0, 0.1) is 0 Å². The molecule has 0 unspecified atom stereocenters. The monoisotopic (exact) mass is 347 g/mol. The van der Waals surface area contributed by atoms with Gasteiger partial charge < -0.3 is 10.6 Å². The van der Waals surface area contributed by atoms with Gasteiger partial charge in [0.1, 0.15) is 10.7 Å². The lowest BCUT2D eigenvalue weighted by Gasteiger charge is -2.02. The van der Waals surface area contributed by atoms with Gasteiger partial charge in [-0.25, -0.2) is 4.98 Å². The van der Waals surface area contributed by atoms with Gasteiger partial charge in [0.05, 0.1) is 0 Å². The topological polar surface area (TPSA) is 54.0 Å². The maximum absolute atomic E-state index is 11.9. The summed E-state index contributed by atoms with van der Waals surface area (Å²) in [6.45, 7) is 1.56. The average molecular weight is 348 g/mol. The zero-order valence-electron chi connectivity index (χ0n) is 11.7. The molecule has 0 aliphatic heterocycles. The summed E-state index contributed by atoms with van der Waals surface area (Å²) in [6, 6.07) is 9.88. The van der Waals surface area contributed by atoms with Gasteiger partial charge in [-0.3, -0.25) is 4.79 Å². The van der Waals surface area contributed by atoms with E-state index in [0.29, 0.717) is 12.2 Å². The van der Waals surface area contributed by atoms with Gasteiger partial charge in [-0.05, 0) is 20.0 Å². The van der Waals surface area contributed by atoms with E-state index < -0.39 is 0 Å². The summed E-state index contributed by atoms with van der Waals surface area (Å²) in [6.07, 6.45) is 0.915. The van der Waals surface area contributed by atoms with Crippen molar-refractivity contribution in [3.05, 3.63) is 41.4 Å². The molecule has 1 aromatic heterocycles. The number of nitrogens with zero attached hydrogens (tertiary/aromatic N) is 1. The van der Waals surface area contributed by atoms with Crippen molar-refractivity contribution >= 4 is 42.1 Å². The van der Waals surface area contributed by atoms with Crippen LogP contribution in [0.4, 0.5) is 0 Å². The molecule has 0 aliphatic carbocycles. The van der Waals surface area contributed by atoms with Gasteiger partial charge in [0.25, 0.3) is 5.91 Å². The quantitative estimate of drug-likeness (QED) is 0.789. The number of benzene rings is 1. The second-order valence-electron chi connectivity index (χ2n) is 4.12. The number of thiazole rings is 1. The lowest BCUT2D eigenvalue weighted by Crippen LogP contribution is -2.26. The molecule has 0 radical (unpaired) electrons. The van der Waals surface area contributed by atoms with Crippen molar-refractivity contribution in [2.24, 2.45) is 0 Å². The van der Waals surface area contributed by atoms with Crippen LogP contribution in [0.25, 0.3) is 10.6 Å². The minimum atomic E-state index is -0.102. The summed E-state index contributed by atoms with van der Waals surface area (Å²) in [5.41, 5.74) is 1.54. The molecule has 0 aliphatic rings. The summed E-state index contributed by atoms with van der Waals surface area (Å²) in [5.74, 6) is -0.102. The summed E-state index contributed by atoms with van der Waals surface area (Å²) in [4.78, 5) is 16.2. The lowest BCUT2D eigenvalue weighted by molar-refractivity contribution is 0.0949. The normalized spacial score (nSPS) is 9.38. The molecular formula is C14H19Cl2N3OS. The van der Waals surface area contributed by atoms with Crippen LogP contribution in [0.3, 0.4) is 0 Å². The SMILES string of the molecule is CNCCCNC(=O)c1csc(-c2ccccc2)n1.Cl.Cl. The van der Waals surface area contributed by atoms with E-state index in [-0.39, 0.29) is 30.7 Å². The molecule has 21 heavy (non-hydrogen) atoms. The third-order valence-electron chi connectivity index (χ3n) is 2.65. The highest BCUT2D eigenvalue weighted by molar-refractivity contribution is 7.13. The molecule has 116 valence electrons. The van der Waals surface area contributed by atoms with Gasteiger partial charge in [-0.15, -0.1) is 36.2 Å². The Morgan fingerprint density at radius 1 is 1.19 bits per heavy atom. The first-order valence-electron chi connectivity index (χ1n) is 6.25. The van der Waals surface area contributed by atoms with Crippen LogP contribution in [-0.4, -0.2) is 31.0 Å². The first-order valence-corrected chi connectivity index (χ1v) is 7.13. The van der Waals surface area contributed by atoms with E-state index in [1.54, 1.807) is 5.38 Å². The summed E-state index contributed by atoms with van der Waals surface area (Å²) >= 11 is 1.49. The van der Waals surface area contributed by atoms with Crippen LogP contribution in [0.2, 0.25) is 0 Å². The molecule has 1 amide bonds. The van der Waals surface area contributed by atoms with Crippen LogP contribution in [0.5, 0.6) is 0 Å². The number of nitrogens with one attached hydrogen (secondary N) is 2. The van der Waals surface area contributed by atoms with Crippen molar-refractivity contribution in [2.75, 3.05) is 20.1 Å². The average Bonchev–Trinajstić information content (AvgIpc) is 2.94. The Hall–Kier alpha value is -1.14. The van der Waals surface area contributed by atoms with E-state index >= 15 is 0 Å². The number of carbonyl (C=O) groups is 1. The highest BCUT2D eigenvalue weighted by atomic mass is 35.5. The molecule has 2 rings (SSSR count). The first-order chi connectivity index (χ1) is 9.31. The predicted molar refractivity (Wildman–Crippen MR) is 92.9 cm³/mol. The number of hydrogen-bond donors (Lipinski definition) is 2. The Morgan fingerprint density at radius 3 is 2.57 bits per heavy atom. The van der Waals surface area contributed by atoms with E-state index in [1.165, 1.54) is 11.3 Å². The van der Waals surface area contributed by atoms with Crippen molar-refractivity contribution in [2.45, 2.75) is 6.42 Å². The van der Waals surface area contributed by atoms with E-state index in [0.717, 1.165) is 23.5 Å². The molecule has 0 fully saturated rings. The van der Waals surface area contributed by atoms with Crippen LogP contribution in [-0.2, 0) is 0 Å². The maximum atomic E-state index is 11.9. The fourth-order valence-corrected chi connectivity index (χ4v) is 2.46. The highest BCUT2D eigenvalue weighted by Gasteiger charge is 2.10. The third kappa shape index (κ3) is 6.01. The molecule has 4 nitrogen and oxygen atoms in total. The molecule has 0 saturated carbocycles. The molecule has 1 heterocycles. The van der Waals surface area contributed by atoms with Crippen LogP contribution in [0.1, 0.15) is 16.9 Å². The fourth-order valence-electron chi connectivity index (χ4n) is 1.65. The Kier molecular flexibility index (Phi) is 9.99. The second-order valence-corrected chi connectivity index (χ2v) is 4.98. The molecule has 0 spiro atoms. The molecule has 0 bridgehead atoms. The van der Waals surface area contributed by atoms with E-state index in [2.05, 4.69) is 15.6 Å². The van der Waals surface area contributed by atoms with Crippen molar-refractivity contribution in [3.63, 3.8) is 0 Å². The standard InChI is InChI=1S/C14H17N3OS.2ClH/c1-15-8-5-9-16-13(18)12-10-19-14(17-12)11-6-3-2-4-7-11;;/h2-4,6-7,10,15H,5,8-9H2,1H3,(H,16,18);2*1H. The highest BCUT2D eigenvalue weighted by Crippen LogP contribution is 2.23. The maximum Gasteiger partial charge on any atom is 0.270 e. The number of aromatic nitrogens is 1. The van der Waals surface area contributed by atoms with Crippen LogP contribution >= 0.6 is 36.2 Å². The van der Waals surface area contributed by atoms with Gasteiger partial charge in [-0.2, -0.15) is 0 Å². The molecule has 2 N–H and O–H groups in total. The zero-order chi connectivity index (χ0) is 13.5. The van der Waals surface area contributed by atoms with Crippen molar-refractivity contribution in [1.82, 2.24) is 15.6 Å². The summed E-state index contributed by atoms with van der Waals surface area (Å²) in [7, 11) is 1.90. The molecule has 2 aromatic rings. The van der Waals surface area contributed by atoms with Crippen LogP contribution in [0.15, 0.2) is 35.7 Å². The number of rotatable bonds is 6. The molecule has 7 heteroatoms. The van der Waals surface area contributed by atoms with Crippen molar-refractivity contribution in [3.8, 4) is 10.6 Å². The zero-order valence-corrected chi connectivity index (χ0v) is 14.1. The Morgan fingerprint density at radius 2 is 1.90 bits per heavy atom. The second kappa shape index (κ2) is 10.6. The minimum absolute atomic E-state index is 0. The van der Waals surface area contributed by atoms with Gasteiger partial charge >= 0.3 is 0 Å². The van der Waals surface area contributed by atoms with Crippen molar-refractivity contribution in [1.29, 1.82) is 0 Å². The molecule has 0 saturated heterocycles. The Bertz CT molecular complexity index is 534. The van der Waals surface area contributed by atoms with E-state index in [4.69, 9.17) is 0 Å². The first kappa shape index (κ1) is 19.9. The Labute approximate surface area is 141 Å². The number of carbonyl (C=O) groups excluding carboxylic acids is 1. The van der Waals surface area contributed by atoms with Gasteiger partial charge in [-0.1, -0.05) is 30.3 Å². The molecular weight excluding hydrogens is 329 g/mol. The van der Waals surface area contributed by atoms with E-state index in [9.17, 15) is 4.79 Å². The summed E-state index contributed by atoms with van der Waals surface area (Å²) in [5, 5.41) is 8.58. The minimum Gasteiger partial charge on any atom is -0.351 e. The number of amides is 1. The number of hydrogen-bond acceptors (Lipinski definition) is 4. The van der Waals surface area contributed by atoms with Crippen LogP contribution < -0.4 is 10.6 Å². The van der Waals surface area contributed by atoms with Crippen molar-refractivity contribution < 1.29 is 4.79 Å². The third-order valence-corrected chi connectivity index (χ3v) is 3.54. The Balaban J connectivity index is 0.00000200. The summed E-state index contributed by atoms with van der Waals surface area (Å²) < 4.78 is 0. The largest absolute Gasteiger partial charge is 0.351 e. The number of halogens is 2. The predicted octanol–water partition coefficient (Wildman–Crippen LogP) is 2.99. The lowest BCUT2D eigenvalue weighted by atomic mass is 10.2. The van der Waals surface area contributed by atoms with E-state index in [1.807, 2.05) is 37.4 Å². The van der Waals surface area contributed by atoms with Gasteiger partial charge in [0.2, 0.25) is 0 Å². The van der Waals surface area contributed by atoms with Gasteiger partial charge in [0, 0.05) is 17.5 Å². The fraction of sp³-hybridized carbons (Fsp3) is 0.286. The smallest absolute Gasteiger partial charge is 0.270 e.